The summed E-state index contributed by atoms with van der Waals surface area (Å²) in [4.78, 5) is 20.4. The molecule has 0 unspecified atom stereocenters. The van der Waals surface area contributed by atoms with Crippen molar-refractivity contribution in [1.29, 1.82) is 0 Å². The van der Waals surface area contributed by atoms with Gasteiger partial charge in [0.1, 0.15) is 6.54 Å². The molecule has 2 N–H and O–H groups in total. The Labute approximate surface area is 154 Å². The van der Waals surface area contributed by atoms with Crippen LogP contribution in [0.15, 0.2) is 4.99 Å². The fraction of sp³-hybridized carbons (Fsp3) is 0.895. The topological polar surface area (TPSA) is 60.0 Å². The molecule has 25 heavy (non-hydrogen) atoms. The summed E-state index contributed by atoms with van der Waals surface area (Å²) in [5.41, 5.74) is 0. The molecular formula is C19H39N5O. The number of carbonyl (C=O) groups excluding carboxylic acids is 1. The number of likely N-dealkylation sites (N-methyl/N-ethyl adjacent to an activating group) is 1. The average molecular weight is 354 g/mol. The highest BCUT2D eigenvalue weighted by atomic mass is 16.2. The van der Waals surface area contributed by atoms with Crippen LogP contribution in [-0.4, -0.2) is 73.5 Å². The van der Waals surface area contributed by atoms with Gasteiger partial charge >= 0.3 is 0 Å². The van der Waals surface area contributed by atoms with Crippen molar-refractivity contribution in [1.82, 2.24) is 20.4 Å². The quantitative estimate of drug-likeness (QED) is 0.518. The maximum absolute atomic E-state index is 11.9. The van der Waals surface area contributed by atoms with E-state index < -0.39 is 0 Å². The minimum Gasteiger partial charge on any atom is -0.355 e. The lowest BCUT2D eigenvalue weighted by molar-refractivity contribution is -0.127. The number of hydrogen-bond donors (Lipinski definition) is 2. The molecule has 0 bridgehead atoms. The molecule has 0 heterocycles. The molecule has 0 aliphatic heterocycles. The van der Waals surface area contributed by atoms with E-state index in [9.17, 15) is 4.79 Å². The molecule has 1 fully saturated rings. The number of hydrogen-bond acceptors (Lipinski definition) is 3. The van der Waals surface area contributed by atoms with Crippen LogP contribution in [0.4, 0.5) is 0 Å². The number of carbonyl (C=O) groups is 1. The van der Waals surface area contributed by atoms with Crippen LogP contribution in [0.2, 0.25) is 0 Å². The zero-order valence-electron chi connectivity index (χ0n) is 17.1. The Morgan fingerprint density at radius 1 is 1.08 bits per heavy atom. The predicted molar refractivity (Wildman–Crippen MR) is 106 cm³/mol. The highest BCUT2D eigenvalue weighted by Crippen LogP contribution is 2.17. The second kappa shape index (κ2) is 11.3. The smallest absolute Gasteiger partial charge is 0.243 e. The molecule has 0 radical (unpaired) electrons. The highest BCUT2D eigenvalue weighted by Gasteiger charge is 2.16. The number of nitrogens with zero attached hydrogens (tertiary/aromatic N) is 3. The van der Waals surface area contributed by atoms with E-state index in [1.54, 1.807) is 19.0 Å². The molecule has 6 heteroatoms. The molecule has 1 rings (SSSR count). The molecule has 0 aromatic carbocycles. The van der Waals surface area contributed by atoms with Gasteiger partial charge in [-0.05, 0) is 40.5 Å². The standard InChI is InChI=1S/C19H39N5O/c1-15(2)24(16(3)4)13-12-20-19(21-14-18(25)23(5)6)22-17-10-8-7-9-11-17/h15-17H,7-14H2,1-6H3,(H2,20,21,22). The lowest BCUT2D eigenvalue weighted by Gasteiger charge is -2.31. The van der Waals surface area contributed by atoms with Gasteiger partial charge in [0.2, 0.25) is 5.91 Å². The van der Waals surface area contributed by atoms with Crippen LogP contribution in [0.1, 0.15) is 59.8 Å². The number of rotatable bonds is 8. The molecule has 0 spiro atoms. The Balaban J connectivity index is 2.59. The van der Waals surface area contributed by atoms with Crippen molar-refractivity contribution in [2.75, 3.05) is 33.7 Å². The van der Waals surface area contributed by atoms with Crippen molar-refractivity contribution in [3.05, 3.63) is 0 Å². The van der Waals surface area contributed by atoms with Gasteiger partial charge in [-0.3, -0.25) is 9.69 Å². The summed E-state index contributed by atoms with van der Waals surface area (Å²) in [5, 5.41) is 6.96. The van der Waals surface area contributed by atoms with Gasteiger partial charge in [-0.2, -0.15) is 0 Å². The summed E-state index contributed by atoms with van der Waals surface area (Å²) in [6.45, 7) is 10.9. The van der Waals surface area contributed by atoms with Gasteiger partial charge < -0.3 is 15.5 Å². The van der Waals surface area contributed by atoms with Crippen LogP contribution in [0, 0.1) is 0 Å². The van der Waals surface area contributed by atoms with Gasteiger partial charge in [0.05, 0.1) is 0 Å². The van der Waals surface area contributed by atoms with E-state index in [4.69, 9.17) is 0 Å². The van der Waals surface area contributed by atoms with Crippen molar-refractivity contribution < 1.29 is 4.79 Å². The lowest BCUT2D eigenvalue weighted by Crippen LogP contribution is -2.48. The van der Waals surface area contributed by atoms with Crippen molar-refractivity contribution >= 4 is 11.9 Å². The number of nitrogens with one attached hydrogen (secondary N) is 2. The Morgan fingerprint density at radius 3 is 2.20 bits per heavy atom. The largest absolute Gasteiger partial charge is 0.355 e. The molecular weight excluding hydrogens is 314 g/mol. The first kappa shape index (κ1) is 21.7. The summed E-state index contributed by atoms with van der Waals surface area (Å²) < 4.78 is 0. The first-order valence-corrected chi connectivity index (χ1v) is 9.82. The summed E-state index contributed by atoms with van der Waals surface area (Å²) in [5.74, 6) is 0.797. The highest BCUT2D eigenvalue weighted by molar-refractivity contribution is 5.84. The first-order chi connectivity index (χ1) is 11.8. The molecule has 1 aliphatic rings. The van der Waals surface area contributed by atoms with Gasteiger partial charge in [-0.1, -0.05) is 19.3 Å². The maximum atomic E-state index is 11.9. The van der Waals surface area contributed by atoms with Crippen molar-refractivity contribution in [3.63, 3.8) is 0 Å². The molecule has 0 aromatic heterocycles. The predicted octanol–water partition coefficient (Wildman–Crippen LogP) is 2.06. The molecule has 1 aliphatic carbocycles. The first-order valence-electron chi connectivity index (χ1n) is 9.82. The zero-order valence-corrected chi connectivity index (χ0v) is 17.1. The van der Waals surface area contributed by atoms with E-state index >= 15 is 0 Å². The maximum Gasteiger partial charge on any atom is 0.243 e. The molecule has 1 amide bonds. The second-order valence-electron chi connectivity index (χ2n) is 7.78. The van der Waals surface area contributed by atoms with E-state index in [0.29, 0.717) is 18.1 Å². The second-order valence-corrected chi connectivity index (χ2v) is 7.78. The van der Waals surface area contributed by atoms with E-state index in [1.807, 2.05) is 0 Å². The van der Waals surface area contributed by atoms with Crippen LogP contribution in [-0.2, 0) is 4.79 Å². The van der Waals surface area contributed by atoms with Crippen molar-refractivity contribution in [3.8, 4) is 0 Å². The summed E-state index contributed by atoms with van der Waals surface area (Å²) in [6.07, 6.45) is 6.25. The SMILES string of the molecule is CC(C)N(CCNC(=NCC(=O)N(C)C)NC1CCCCC1)C(C)C. The van der Waals surface area contributed by atoms with Crippen LogP contribution in [0.25, 0.3) is 0 Å². The van der Waals surface area contributed by atoms with Crippen LogP contribution in [0.5, 0.6) is 0 Å². The molecule has 1 saturated carbocycles. The molecule has 0 atom stereocenters. The number of guanidine groups is 1. The lowest BCUT2D eigenvalue weighted by atomic mass is 9.96. The minimum atomic E-state index is 0.0238. The third-order valence-electron chi connectivity index (χ3n) is 4.81. The molecule has 146 valence electrons. The summed E-state index contributed by atoms with van der Waals surface area (Å²) >= 11 is 0. The van der Waals surface area contributed by atoms with E-state index in [-0.39, 0.29) is 12.5 Å². The Hall–Kier alpha value is -1.30. The summed E-state index contributed by atoms with van der Waals surface area (Å²) in [7, 11) is 3.53. The van der Waals surface area contributed by atoms with Gasteiger partial charge in [0.25, 0.3) is 0 Å². The van der Waals surface area contributed by atoms with Gasteiger partial charge in [0.15, 0.2) is 5.96 Å². The molecule has 6 nitrogen and oxygen atoms in total. The van der Waals surface area contributed by atoms with E-state index in [0.717, 1.165) is 19.0 Å². The van der Waals surface area contributed by atoms with Gasteiger partial charge in [-0.25, -0.2) is 4.99 Å². The Kier molecular flexibility index (Phi) is 9.86. The minimum absolute atomic E-state index is 0.0238. The molecule has 0 aromatic rings. The van der Waals surface area contributed by atoms with Gasteiger partial charge in [0, 0.05) is 45.3 Å². The van der Waals surface area contributed by atoms with Gasteiger partial charge in [-0.15, -0.1) is 0 Å². The van der Waals surface area contributed by atoms with E-state index in [2.05, 4.69) is 48.2 Å². The number of amides is 1. The Bertz CT molecular complexity index is 406. The van der Waals surface area contributed by atoms with Crippen LogP contribution < -0.4 is 10.6 Å². The third-order valence-corrected chi connectivity index (χ3v) is 4.81. The Morgan fingerprint density at radius 2 is 1.68 bits per heavy atom. The average Bonchev–Trinajstić information content (AvgIpc) is 2.55. The number of aliphatic imine (C=N–C) groups is 1. The van der Waals surface area contributed by atoms with Crippen molar-refractivity contribution in [2.24, 2.45) is 4.99 Å². The normalized spacial score (nSPS) is 16.6. The fourth-order valence-electron chi connectivity index (χ4n) is 3.30. The third kappa shape index (κ3) is 8.56. The fourth-order valence-corrected chi connectivity index (χ4v) is 3.30. The monoisotopic (exact) mass is 353 g/mol. The van der Waals surface area contributed by atoms with E-state index in [1.165, 1.54) is 32.1 Å². The van der Waals surface area contributed by atoms with Crippen LogP contribution in [0.3, 0.4) is 0 Å². The van der Waals surface area contributed by atoms with Crippen LogP contribution >= 0.6 is 0 Å². The zero-order chi connectivity index (χ0) is 18.8. The van der Waals surface area contributed by atoms with Crippen molar-refractivity contribution in [2.45, 2.75) is 77.9 Å². The molecule has 0 saturated heterocycles. The summed E-state index contributed by atoms with van der Waals surface area (Å²) in [6, 6.07) is 1.51.